The van der Waals surface area contributed by atoms with Crippen LogP contribution in [0.25, 0.3) is 0 Å². The van der Waals surface area contributed by atoms with Crippen molar-refractivity contribution in [2.24, 2.45) is 11.7 Å². The number of hydrogen-bond donors (Lipinski definition) is 6. The Morgan fingerprint density at radius 1 is 0.958 bits per heavy atom. The van der Waals surface area contributed by atoms with Crippen molar-refractivity contribution in [3.63, 3.8) is 0 Å². The molecule has 0 rings (SSSR count). The van der Waals surface area contributed by atoms with Gasteiger partial charge in [0.25, 0.3) is 0 Å². The fraction of sp³-hybridized carbons (Fsp3) is 0.714. The Kier molecular flexibility index (Phi) is 8.93. The molecule has 7 N–H and O–H groups in total. The van der Waals surface area contributed by atoms with Gasteiger partial charge in [0.2, 0.25) is 11.8 Å². The molecule has 0 aromatic rings. The number of nitrogens with one attached hydrogen (secondary N) is 2. The zero-order valence-electron chi connectivity index (χ0n) is 13.9. The van der Waals surface area contributed by atoms with Gasteiger partial charge in [-0.3, -0.25) is 14.4 Å². The van der Waals surface area contributed by atoms with Gasteiger partial charge in [-0.05, 0) is 19.3 Å². The van der Waals surface area contributed by atoms with Gasteiger partial charge in [0.05, 0.1) is 12.1 Å². The Bertz CT molecular complexity index is 479. The summed E-state index contributed by atoms with van der Waals surface area (Å²) < 4.78 is 0. The molecule has 0 spiro atoms. The first-order valence-corrected chi connectivity index (χ1v) is 7.46. The second-order valence-corrected chi connectivity index (χ2v) is 5.83. The van der Waals surface area contributed by atoms with Gasteiger partial charge < -0.3 is 31.7 Å². The van der Waals surface area contributed by atoms with Crippen LogP contribution in [0.1, 0.15) is 33.6 Å². The lowest BCUT2D eigenvalue weighted by Crippen LogP contribution is -2.58. The van der Waals surface area contributed by atoms with Gasteiger partial charge in [0.1, 0.15) is 12.1 Å². The molecule has 2 amide bonds. The number of carboxylic acid groups (broad SMARTS) is 2. The number of aliphatic hydroxyl groups is 1. The van der Waals surface area contributed by atoms with Gasteiger partial charge in [0, 0.05) is 6.42 Å². The molecule has 0 aromatic heterocycles. The maximum Gasteiger partial charge on any atom is 0.326 e. The third-order valence-corrected chi connectivity index (χ3v) is 3.30. The van der Waals surface area contributed by atoms with Gasteiger partial charge in [0.15, 0.2) is 0 Å². The van der Waals surface area contributed by atoms with E-state index in [0.29, 0.717) is 0 Å². The highest BCUT2D eigenvalue weighted by molar-refractivity contribution is 5.92. The molecule has 10 heteroatoms. The Balaban J connectivity index is 4.90. The largest absolute Gasteiger partial charge is 0.481 e. The molecule has 0 aliphatic carbocycles. The molecular formula is C14H25N3O7. The van der Waals surface area contributed by atoms with E-state index in [1.807, 2.05) is 0 Å². The molecule has 0 aromatic carbocycles. The predicted molar refractivity (Wildman–Crippen MR) is 82.9 cm³/mol. The summed E-state index contributed by atoms with van der Waals surface area (Å²) in [4.78, 5) is 45.6. The molecule has 0 saturated heterocycles. The van der Waals surface area contributed by atoms with Crippen molar-refractivity contribution in [3.05, 3.63) is 0 Å². The number of amides is 2. The zero-order valence-corrected chi connectivity index (χ0v) is 13.9. The molecule has 0 fully saturated rings. The molecule has 24 heavy (non-hydrogen) atoms. The summed E-state index contributed by atoms with van der Waals surface area (Å²) in [5.41, 5.74) is 5.53. The van der Waals surface area contributed by atoms with E-state index in [2.05, 4.69) is 10.6 Å². The number of carbonyl (C=O) groups excluding carboxylic acids is 2. The summed E-state index contributed by atoms with van der Waals surface area (Å²) in [5, 5.41) is 31.7. The van der Waals surface area contributed by atoms with Crippen molar-refractivity contribution in [1.82, 2.24) is 10.6 Å². The van der Waals surface area contributed by atoms with E-state index < -0.39 is 53.9 Å². The zero-order chi connectivity index (χ0) is 19.0. The number of aliphatic hydroxyl groups excluding tert-OH is 1. The van der Waals surface area contributed by atoms with Crippen molar-refractivity contribution in [2.45, 2.75) is 57.8 Å². The molecule has 0 heterocycles. The highest BCUT2D eigenvalue weighted by Gasteiger charge is 2.32. The topological polar surface area (TPSA) is 179 Å². The molecule has 0 radical (unpaired) electrons. The van der Waals surface area contributed by atoms with E-state index >= 15 is 0 Å². The number of carboxylic acids is 2. The number of nitrogens with two attached hydrogens (primary N) is 1. The van der Waals surface area contributed by atoms with Crippen LogP contribution in [-0.4, -0.2) is 63.3 Å². The summed E-state index contributed by atoms with van der Waals surface area (Å²) in [6.45, 7) is 4.44. The van der Waals surface area contributed by atoms with Crippen LogP contribution in [0.5, 0.6) is 0 Å². The van der Waals surface area contributed by atoms with E-state index in [1.165, 1.54) is 6.92 Å². The lowest BCUT2D eigenvalue weighted by Gasteiger charge is -2.25. The monoisotopic (exact) mass is 347 g/mol. The summed E-state index contributed by atoms with van der Waals surface area (Å²) in [6, 6.07) is -3.76. The van der Waals surface area contributed by atoms with Crippen LogP contribution in [0.3, 0.4) is 0 Å². The molecule has 0 aliphatic rings. The standard InChI is InChI=1S/C14H25N3O7/c1-6(2)10(14(23)24)16-13(22)11(7(3)18)17-12(21)8(15)4-5-9(19)20/h6-8,10-11,18H,4-5,15H2,1-3H3,(H,16,22)(H,17,21)(H,19,20)(H,23,24). The number of carbonyl (C=O) groups is 4. The average molecular weight is 347 g/mol. The average Bonchev–Trinajstić information content (AvgIpc) is 2.45. The molecule has 138 valence electrons. The van der Waals surface area contributed by atoms with Gasteiger partial charge in [-0.25, -0.2) is 4.79 Å². The van der Waals surface area contributed by atoms with E-state index in [1.54, 1.807) is 13.8 Å². The van der Waals surface area contributed by atoms with Crippen molar-refractivity contribution >= 4 is 23.8 Å². The van der Waals surface area contributed by atoms with Crippen LogP contribution in [0.4, 0.5) is 0 Å². The third-order valence-electron chi connectivity index (χ3n) is 3.30. The lowest BCUT2D eigenvalue weighted by molar-refractivity contribution is -0.144. The number of hydrogen-bond acceptors (Lipinski definition) is 6. The van der Waals surface area contributed by atoms with Crippen LogP contribution in [0.15, 0.2) is 0 Å². The van der Waals surface area contributed by atoms with Gasteiger partial charge in [-0.2, -0.15) is 0 Å². The van der Waals surface area contributed by atoms with Crippen molar-refractivity contribution in [3.8, 4) is 0 Å². The van der Waals surface area contributed by atoms with E-state index in [-0.39, 0.29) is 12.8 Å². The first-order valence-electron chi connectivity index (χ1n) is 7.46. The van der Waals surface area contributed by atoms with E-state index in [4.69, 9.17) is 15.9 Å². The normalized spacial score (nSPS) is 15.9. The number of rotatable bonds is 10. The van der Waals surface area contributed by atoms with Crippen LogP contribution in [-0.2, 0) is 19.2 Å². The van der Waals surface area contributed by atoms with Crippen LogP contribution < -0.4 is 16.4 Å². The number of aliphatic carboxylic acids is 2. The third kappa shape index (κ3) is 7.38. The molecule has 0 saturated carbocycles. The highest BCUT2D eigenvalue weighted by Crippen LogP contribution is 2.04. The quantitative estimate of drug-likeness (QED) is 0.270. The second-order valence-electron chi connectivity index (χ2n) is 5.83. The van der Waals surface area contributed by atoms with Crippen molar-refractivity contribution in [2.75, 3.05) is 0 Å². The Morgan fingerprint density at radius 2 is 1.46 bits per heavy atom. The molecule has 4 unspecified atom stereocenters. The fourth-order valence-electron chi connectivity index (χ4n) is 1.83. The van der Waals surface area contributed by atoms with E-state index in [9.17, 15) is 24.3 Å². The van der Waals surface area contributed by atoms with Crippen molar-refractivity contribution in [1.29, 1.82) is 0 Å². The summed E-state index contributed by atoms with van der Waals surface area (Å²) >= 11 is 0. The molecule has 10 nitrogen and oxygen atoms in total. The molecule has 0 aliphatic heterocycles. The predicted octanol–water partition coefficient (Wildman–Crippen LogP) is -1.73. The maximum atomic E-state index is 12.1. The lowest BCUT2D eigenvalue weighted by atomic mass is 10.0. The fourth-order valence-corrected chi connectivity index (χ4v) is 1.83. The summed E-state index contributed by atoms with van der Waals surface area (Å²) in [6.07, 6.45) is -1.77. The highest BCUT2D eigenvalue weighted by atomic mass is 16.4. The van der Waals surface area contributed by atoms with Gasteiger partial charge in [-0.15, -0.1) is 0 Å². The van der Waals surface area contributed by atoms with E-state index in [0.717, 1.165) is 0 Å². The molecular weight excluding hydrogens is 322 g/mol. The smallest absolute Gasteiger partial charge is 0.326 e. The van der Waals surface area contributed by atoms with Crippen LogP contribution >= 0.6 is 0 Å². The summed E-state index contributed by atoms with van der Waals surface area (Å²) in [7, 11) is 0. The van der Waals surface area contributed by atoms with Gasteiger partial charge >= 0.3 is 11.9 Å². The van der Waals surface area contributed by atoms with Crippen LogP contribution in [0, 0.1) is 5.92 Å². The van der Waals surface area contributed by atoms with Gasteiger partial charge in [-0.1, -0.05) is 13.8 Å². The Labute approximate surface area is 139 Å². The maximum absolute atomic E-state index is 12.1. The Hall–Kier alpha value is -2.20. The minimum atomic E-state index is -1.41. The molecule has 0 bridgehead atoms. The first-order chi connectivity index (χ1) is 11.0. The van der Waals surface area contributed by atoms with Crippen LogP contribution in [0.2, 0.25) is 0 Å². The first kappa shape index (κ1) is 21.8. The minimum absolute atomic E-state index is 0.140. The second kappa shape index (κ2) is 9.83. The van der Waals surface area contributed by atoms with Crippen molar-refractivity contribution < 1.29 is 34.5 Å². The molecule has 4 atom stereocenters. The minimum Gasteiger partial charge on any atom is -0.481 e. The summed E-state index contributed by atoms with van der Waals surface area (Å²) in [5.74, 6) is -4.45. The Morgan fingerprint density at radius 3 is 1.83 bits per heavy atom. The SMILES string of the molecule is CC(C)C(NC(=O)C(NC(=O)C(N)CCC(=O)O)C(C)O)C(=O)O.